The second-order valence-electron chi connectivity index (χ2n) is 3.28. The molecule has 1 aromatic carbocycles. The van der Waals surface area contributed by atoms with Crippen LogP contribution in [-0.2, 0) is 9.53 Å². The summed E-state index contributed by atoms with van der Waals surface area (Å²) in [6, 6.07) is 9.03. The third-order valence-electron chi connectivity index (χ3n) is 2.23. The highest BCUT2D eigenvalue weighted by Gasteiger charge is 2.20. The molecular weight excluding hydrogens is 204 g/mol. The summed E-state index contributed by atoms with van der Waals surface area (Å²) in [6.07, 6.45) is 0.653. The molecule has 0 bridgehead atoms. The van der Waals surface area contributed by atoms with Crippen LogP contribution in [0.4, 0.5) is 0 Å². The second-order valence-corrected chi connectivity index (χ2v) is 3.28. The predicted octanol–water partition coefficient (Wildman–Crippen LogP) is 2.23. The van der Waals surface area contributed by atoms with Gasteiger partial charge in [0.25, 0.3) is 0 Å². The molecule has 0 saturated heterocycles. The Morgan fingerprint density at radius 2 is 2.06 bits per heavy atom. The first-order valence-electron chi connectivity index (χ1n) is 5.27. The van der Waals surface area contributed by atoms with E-state index in [4.69, 9.17) is 4.74 Å². The molecule has 86 valence electrons. The standard InChI is InChI=1S/C13H16O3/c1-3-11(13(15)16-4-2)12(14)10-8-6-5-7-9-10/h3,5-9,12,14H,4H2,1-2H3/b11-3-. The van der Waals surface area contributed by atoms with Gasteiger partial charge in [-0.3, -0.25) is 0 Å². The largest absolute Gasteiger partial charge is 0.463 e. The lowest BCUT2D eigenvalue weighted by Crippen LogP contribution is -2.14. The van der Waals surface area contributed by atoms with Crippen molar-refractivity contribution in [1.29, 1.82) is 0 Å². The van der Waals surface area contributed by atoms with E-state index >= 15 is 0 Å². The molecule has 1 unspecified atom stereocenters. The summed E-state index contributed by atoms with van der Waals surface area (Å²) in [5.74, 6) is -0.471. The highest BCUT2D eigenvalue weighted by Crippen LogP contribution is 2.22. The Labute approximate surface area is 95.4 Å². The number of ether oxygens (including phenoxy) is 1. The molecule has 0 aliphatic rings. The van der Waals surface area contributed by atoms with Gasteiger partial charge in [-0.15, -0.1) is 0 Å². The lowest BCUT2D eigenvalue weighted by atomic mass is 10.0. The van der Waals surface area contributed by atoms with E-state index in [0.717, 1.165) is 0 Å². The average molecular weight is 220 g/mol. The molecule has 0 aliphatic carbocycles. The minimum absolute atomic E-state index is 0.271. The van der Waals surface area contributed by atoms with Crippen molar-refractivity contribution in [3.05, 3.63) is 47.5 Å². The van der Waals surface area contributed by atoms with Crippen LogP contribution in [0.15, 0.2) is 42.0 Å². The minimum atomic E-state index is -0.926. The van der Waals surface area contributed by atoms with E-state index in [9.17, 15) is 9.90 Å². The fourth-order valence-electron chi connectivity index (χ4n) is 1.42. The first-order chi connectivity index (χ1) is 7.70. The van der Waals surface area contributed by atoms with Crippen molar-refractivity contribution in [3.63, 3.8) is 0 Å². The van der Waals surface area contributed by atoms with Crippen LogP contribution >= 0.6 is 0 Å². The smallest absolute Gasteiger partial charge is 0.336 e. The number of esters is 1. The molecule has 0 amide bonds. The van der Waals surface area contributed by atoms with Crippen LogP contribution in [0.5, 0.6) is 0 Å². The number of benzene rings is 1. The van der Waals surface area contributed by atoms with E-state index in [-0.39, 0.29) is 5.57 Å². The number of carbonyl (C=O) groups is 1. The molecule has 1 rings (SSSR count). The van der Waals surface area contributed by atoms with Gasteiger partial charge in [-0.1, -0.05) is 36.4 Å². The van der Waals surface area contributed by atoms with Gasteiger partial charge < -0.3 is 9.84 Å². The van der Waals surface area contributed by atoms with Gasteiger partial charge in [0, 0.05) is 0 Å². The van der Waals surface area contributed by atoms with Gasteiger partial charge in [0.05, 0.1) is 12.2 Å². The average Bonchev–Trinajstić information content (AvgIpc) is 2.31. The molecular formula is C13H16O3. The topological polar surface area (TPSA) is 46.5 Å². The number of carbonyl (C=O) groups excluding carboxylic acids is 1. The molecule has 16 heavy (non-hydrogen) atoms. The molecule has 1 N–H and O–H groups in total. The summed E-state index contributed by atoms with van der Waals surface area (Å²) < 4.78 is 4.87. The van der Waals surface area contributed by atoms with Gasteiger partial charge in [-0.25, -0.2) is 4.79 Å². The van der Waals surface area contributed by atoms with Crippen LogP contribution < -0.4 is 0 Å². The normalized spacial score (nSPS) is 13.3. The molecule has 0 spiro atoms. The van der Waals surface area contributed by atoms with E-state index in [1.54, 1.807) is 32.1 Å². The summed E-state index contributed by atoms with van der Waals surface area (Å²) >= 11 is 0. The Morgan fingerprint density at radius 1 is 1.44 bits per heavy atom. The SMILES string of the molecule is C/C=C(\C(=O)OCC)C(O)c1ccccc1. The molecule has 0 heterocycles. The fraction of sp³-hybridized carbons (Fsp3) is 0.308. The predicted molar refractivity (Wildman–Crippen MR) is 61.8 cm³/mol. The molecule has 0 aromatic heterocycles. The molecule has 1 atom stereocenters. The molecule has 0 radical (unpaired) electrons. The quantitative estimate of drug-likeness (QED) is 0.625. The highest BCUT2D eigenvalue weighted by atomic mass is 16.5. The maximum Gasteiger partial charge on any atom is 0.336 e. The molecule has 0 aliphatic heterocycles. The zero-order valence-corrected chi connectivity index (χ0v) is 9.51. The highest BCUT2D eigenvalue weighted by molar-refractivity contribution is 5.89. The monoisotopic (exact) mass is 220 g/mol. The first-order valence-corrected chi connectivity index (χ1v) is 5.27. The van der Waals surface area contributed by atoms with Crippen LogP contribution in [-0.4, -0.2) is 17.7 Å². The van der Waals surface area contributed by atoms with Crippen molar-refractivity contribution in [1.82, 2.24) is 0 Å². The van der Waals surface area contributed by atoms with E-state index in [2.05, 4.69) is 0 Å². The van der Waals surface area contributed by atoms with Crippen LogP contribution in [0.3, 0.4) is 0 Å². The number of aliphatic hydroxyl groups is 1. The van der Waals surface area contributed by atoms with Gasteiger partial charge in [-0.2, -0.15) is 0 Å². The third-order valence-corrected chi connectivity index (χ3v) is 2.23. The summed E-state index contributed by atoms with van der Waals surface area (Å²) in [4.78, 5) is 11.5. The number of aliphatic hydroxyl groups excluding tert-OH is 1. The summed E-state index contributed by atoms with van der Waals surface area (Å²) in [7, 11) is 0. The van der Waals surface area contributed by atoms with Crippen molar-refractivity contribution in [2.45, 2.75) is 20.0 Å². The van der Waals surface area contributed by atoms with Crippen LogP contribution in [0.1, 0.15) is 25.5 Å². The maximum atomic E-state index is 11.5. The first kappa shape index (κ1) is 12.5. The van der Waals surface area contributed by atoms with E-state index < -0.39 is 12.1 Å². The Hall–Kier alpha value is -1.61. The molecule has 1 aromatic rings. The Bertz CT molecular complexity index is 368. The molecule has 0 fully saturated rings. The fourth-order valence-corrected chi connectivity index (χ4v) is 1.42. The van der Waals surface area contributed by atoms with Crippen molar-refractivity contribution in [2.24, 2.45) is 0 Å². The summed E-state index contributed by atoms with van der Waals surface area (Å²) in [5.41, 5.74) is 0.955. The molecule has 0 saturated carbocycles. The third kappa shape index (κ3) is 2.94. The Morgan fingerprint density at radius 3 is 2.56 bits per heavy atom. The molecule has 3 nitrogen and oxygen atoms in total. The van der Waals surface area contributed by atoms with Gasteiger partial charge in [0.1, 0.15) is 6.10 Å². The lowest BCUT2D eigenvalue weighted by molar-refractivity contribution is -0.139. The van der Waals surface area contributed by atoms with Crippen molar-refractivity contribution < 1.29 is 14.6 Å². The second kappa shape index (κ2) is 6.08. The van der Waals surface area contributed by atoms with Crippen LogP contribution in [0, 0.1) is 0 Å². The van der Waals surface area contributed by atoms with Crippen molar-refractivity contribution >= 4 is 5.97 Å². The maximum absolute atomic E-state index is 11.5. The zero-order valence-electron chi connectivity index (χ0n) is 9.51. The number of hydrogen-bond donors (Lipinski definition) is 1. The zero-order chi connectivity index (χ0) is 12.0. The summed E-state index contributed by atoms with van der Waals surface area (Å²) in [6.45, 7) is 3.75. The van der Waals surface area contributed by atoms with Crippen LogP contribution in [0.2, 0.25) is 0 Å². The van der Waals surface area contributed by atoms with E-state index in [1.165, 1.54) is 0 Å². The van der Waals surface area contributed by atoms with E-state index in [1.807, 2.05) is 18.2 Å². The van der Waals surface area contributed by atoms with Crippen molar-refractivity contribution in [3.8, 4) is 0 Å². The summed E-state index contributed by atoms with van der Waals surface area (Å²) in [5, 5.41) is 10.0. The van der Waals surface area contributed by atoms with Crippen molar-refractivity contribution in [2.75, 3.05) is 6.61 Å². The van der Waals surface area contributed by atoms with Gasteiger partial charge in [0.15, 0.2) is 0 Å². The van der Waals surface area contributed by atoms with Gasteiger partial charge in [-0.05, 0) is 19.4 Å². The van der Waals surface area contributed by atoms with Gasteiger partial charge >= 0.3 is 5.97 Å². The number of hydrogen-bond acceptors (Lipinski definition) is 3. The van der Waals surface area contributed by atoms with Gasteiger partial charge in [0.2, 0.25) is 0 Å². The Balaban J connectivity index is 2.87. The van der Waals surface area contributed by atoms with Crippen LogP contribution in [0.25, 0.3) is 0 Å². The number of allylic oxidation sites excluding steroid dienone is 1. The van der Waals surface area contributed by atoms with E-state index in [0.29, 0.717) is 12.2 Å². The lowest BCUT2D eigenvalue weighted by Gasteiger charge is -2.13. The minimum Gasteiger partial charge on any atom is -0.463 e. The molecule has 3 heteroatoms. The number of rotatable bonds is 4. The Kier molecular flexibility index (Phi) is 4.73.